The summed E-state index contributed by atoms with van der Waals surface area (Å²) >= 11 is 1.77. The van der Waals surface area contributed by atoms with Gasteiger partial charge in [0.25, 0.3) is 0 Å². The van der Waals surface area contributed by atoms with Gasteiger partial charge in [0.2, 0.25) is 0 Å². The average Bonchev–Trinajstić information content (AvgIpc) is 0.811. The van der Waals surface area contributed by atoms with Crippen molar-refractivity contribution in [3.05, 3.63) is 10.1 Å². The summed E-state index contributed by atoms with van der Waals surface area (Å²) < 4.78 is -0.650. The molecule has 0 bridgehead atoms. The predicted molar refractivity (Wildman–Crippen MR) is 6.99 cm³/mol. The van der Waals surface area contributed by atoms with Gasteiger partial charge in [-0.2, -0.15) is 0 Å². The van der Waals surface area contributed by atoms with E-state index < -0.39 is 3.56 Å². The standard InChI is InChI=1S/NO2.Pd/c2-1-3;/q;+1. The van der Waals surface area contributed by atoms with Gasteiger partial charge in [-0.25, -0.2) is 0 Å². The van der Waals surface area contributed by atoms with Crippen LogP contribution in [0.2, 0.25) is 0 Å². The third-order valence-corrected chi connectivity index (χ3v) is 0. The Balaban J connectivity index is 2.80. The molecule has 0 aromatic carbocycles. The van der Waals surface area contributed by atoms with Crippen molar-refractivity contribution in [3.8, 4) is 0 Å². The maximum absolute atomic E-state index is 8.74. The SMILES string of the molecule is O=[N+]([O-])[Pd+]. The molecule has 0 rings (SSSR count). The molecule has 0 N–H and O–H groups in total. The zero-order valence-electron chi connectivity index (χ0n) is 1.58. The zero-order valence-corrected chi connectivity index (χ0v) is 3.13. The first kappa shape index (κ1) is 4.06. The summed E-state index contributed by atoms with van der Waals surface area (Å²) in [6.07, 6.45) is 0. The molecule has 0 unspecified atom stereocenters. The zero-order chi connectivity index (χ0) is 3.58. The summed E-state index contributed by atoms with van der Waals surface area (Å²) in [7, 11) is 0. The van der Waals surface area contributed by atoms with Crippen molar-refractivity contribution in [2.75, 3.05) is 0 Å². The van der Waals surface area contributed by atoms with Crippen LogP contribution < -0.4 is 0 Å². The summed E-state index contributed by atoms with van der Waals surface area (Å²) in [5.41, 5.74) is 0. The molecule has 26 valence electrons. The second-order valence-corrected chi connectivity index (χ2v) is 0.758. The van der Waals surface area contributed by atoms with Crippen LogP contribution >= 0.6 is 0 Å². The fraction of sp³-hybridized carbons (Fsp3) is 0. The average molecular weight is 152 g/mol. The minimum absolute atomic E-state index is 0.650. The molecule has 0 saturated carbocycles. The van der Waals surface area contributed by atoms with E-state index >= 15 is 0 Å². The monoisotopic (exact) mass is 152 g/mol. The van der Waals surface area contributed by atoms with Gasteiger partial charge in [-0.1, -0.05) is 0 Å². The van der Waals surface area contributed by atoms with Gasteiger partial charge in [-0.15, -0.1) is 0 Å². The van der Waals surface area contributed by atoms with Crippen LogP contribution in [-0.4, -0.2) is 3.56 Å². The van der Waals surface area contributed by atoms with Crippen molar-refractivity contribution in [1.82, 2.24) is 0 Å². The summed E-state index contributed by atoms with van der Waals surface area (Å²) in [6, 6.07) is 0. The summed E-state index contributed by atoms with van der Waals surface area (Å²) in [4.78, 5) is 8.74. The van der Waals surface area contributed by atoms with Crippen LogP contribution in [0.5, 0.6) is 0 Å². The number of hydrogen-bond acceptors (Lipinski definition) is 2. The molecule has 0 radical (unpaired) electrons. The van der Waals surface area contributed by atoms with Crippen LogP contribution in [0, 0.1) is 10.1 Å². The second-order valence-electron chi connectivity index (χ2n) is 0.190. The Morgan fingerprint density at radius 1 is 2.00 bits per heavy atom. The molecule has 0 heterocycles. The molecular weight excluding hydrogens is 152 g/mol. The van der Waals surface area contributed by atoms with Gasteiger partial charge >= 0.3 is 33.1 Å². The molecule has 0 fully saturated rings. The van der Waals surface area contributed by atoms with Gasteiger partial charge in [0.05, 0.1) is 0 Å². The van der Waals surface area contributed by atoms with Crippen LogP contribution in [0.1, 0.15) is 0 Å². The molecule has 0 spiro atoms. The molecule has 0 aliphatic rings. The van der Waals surface area contributed by atoms with E-state index in [2.05, 4.69) is 0 Å². The van der Waals surface area contributed by atoms with Gasteiger partial charge in [0, 0.05) is 0 Å². The molecule has 0 atom stereocenters. The third kappa shape index (κ3) is 599. The summed E-state index contributed by atoms with van der Waals surface area (Å²) in [6.45, 7) is 0. The van der Waals surface area contributed by atoms with Crippen molar-refractivity contribution in [2.24, 2.45) is 0 Å². The van der Waals surface area contributed by atoms with Crippen LogP contribution in [0.25, 0.3) is 0 Å². The van der Waals surface area contributed by atoms with E-state index in [1.54, 1.807) is 19.4 Å². The quantitative estimate of drug-likeness (QED) is 0.272. The topological polar surface area (TPSA) is 43.1 Å². The normalized spacial score (nSPS) is 6.50. The molecule has 3 nitrogen and oxygen atoms in total. The Kier molecular flexibility index (Phi) is 1.41. The molecule has 0 aromatic rings. The molecule has 0 aliphatic carbocycles. The number of rotatable bonds is 0. The third-order valence-electron chi connectivity index (χ3n) is 0. The van der Waals surface area contributed by atoms with Crippen molar-refractivity contribution >= 4 is 0 Å². The molecule has 0 amide bonds. The van der Waals surface area contributed by atoms with E-state index in [0.717, 1.165) is 0 Å². The van der Waals surface area contributed by atoms with Crippen LogP contribution in [0.4, 0.5) is 0 Å². The van der Waals surface area contributed by atoms with E-state index in [0.29, 0.717) is 0 Å². The Morgan fingerprint density at radius 2 is 2.00 bits per heavy atom. The van der Waals surface area contributed by atoms with Crippen molar-refractivity contribution in [3.63, 3.8) is 0 Å². The first-order valence-corrected chi connectivity index (χ1v) is 1.20. The van der Waals surface area contributed by atoms with Crippen LogP contribution in [0.3, 0.4) is 0 Å². The number of nitro groups is 1. The van der Waals surface area contributed by atoms with Gasteiger partial charge < -0.3 is 0 Å². The minimum atomic E-state index is -0.650. The fourth-order valence-electron chi connectivity index (χ4n) is 0. The van der Waals surface area contributed by atoms with Crippen molar-refractivity contribution in [1.29, 1.82) is 0 Å². The summed E-state index contributed by atoms with van der Waals surface area (Å²) in [5, 5.41) is 8.74. The Bertz CT molecular complexity index is 29.0. The van der Waals surface area contributed by atoms with Gasteiger partial charge in [0.15, 0.2) is 0 Å². The van der Waals surface area contributed by atoms with E-state index in [1.807, 2.05) is 0 Å². The molecular formula is NO2Pd+. The summed E-state index contributed by atoms with van der Waals surface area (Å²) in [5.74, 6) is 0. The Labute approximate surface area is 33.8 Å². The first-order chi connectivity index (χ1) is 1.73. The molecule has 4 heavy (non-hydrogen) atoms. The van der Waals surface area contributed by atoms with E-state index in [-0.39, 0.29) is 0 Å². The van der Waals surface area contributed by atoms with E-state index in [9.17, 15) is 0 Å². The van der Waals surface area contributed by atoms with Gasteiger partial charge in [0.1, 0.15) is 0 Å². The molecule has 4 heteroatoms. The molecule has 0 saturated heterocycles. The predicted octanol–water partition coefficient (Wildman–Crippen LogP) is -0.275. The fourth-order valence-corrected chi connectivity index (χ4v) is 0. The maximum atomic E-state index is 8.74. The van der Waals surface area contributed by atoms with Crippen LogP contribution in [-0.2, 0) is 19.4 Å². The molecule has 0 aromatic heterocycles. The first-order valence-electron chi connectivity index (χ1n) is 0.507. The van der Waals surface area contributed by atoms with Crippen LogP contribution in [0.15, 0.2) is 0 Å². The van der Waals surface area contributed by atoms with E-state index in [1.165, 1.54) is 0 Å². The van der Waals surface area contributed by atoms with E-state index in [4.69, 9.17) is 10.1 Å². The van der Waals surface area contributed by atoms with Crippen molar-refractivity contribution in [2.45, 2.75) is 0 Å². The number of nitrogens with zero attached hydrogens (tertiary/aromatic N) is 1. The Morgan fingerprint density at radius 3 is 2.00 bits per heavy atom. The number of hydrogen-bond donors (Lipinski definition) is 0. The molecule has 0 aliphatic heterocycles. The second kappa shape index (κ2) is 1.39. The van der Waals surface area contributed by atoms with Gasteiger partial charge in [-0.3, -0.25) is 0 Å². The Hall–Kier alpha value is 0.0623. The van der Waals surface area contributed by atoms with Gasteiger partial charge in [-0.05, 0) is 0 Å². The van der Waals surface area contributed by atoms with Crippen molar-refractivity contribution < 1.29 is 23.0 Å².